The van der Waals surface area contributed by atoms with E-state index >= 15 is 0 Å². The molecule has 0 radical (unpaired) electrons. The van der Waals surface area contributed by atoms with Crippen LogP contribution < -0.4 is 0 Å². The Kier molecular flexibility index (Phi) is 5.54. The summed E-state index contributed by atoms with van der Waals surface area (Å²) in [6.07, 6.45) is 6.23. The quantitative estimate of drug-likeness (QED) is 0.761. The van der Waals surface area contributed by atoms with Crippen molar-refractivity contribution in [1.82, 2.24) is 4.90 Å². The summed E-state index contributed by atoms with van der Waals surface area (Å²) in [5, 5.41) is 0. The molecule has 1 fully saturated rings. The maximum atomic E-state index is 11.2. The molecule has 0 atom stereocenters. The summed E-state index contributed by atoms with van der Waals surface area (Å²) in [5.74, 6) is 0.307. The summed E-state index contributed by atoms with van der Waals surface area (Å²) in [4.78, 5) is 13.7. The van der Waals surface area contributed by atoms with Crippen LogP contribution in [0.5, 0.6) is 0 Å². The molecule has 140 valence electrons. The lowest BCUT2D eigenvalue weighted by atomic mass is 9.86. The highest BCUT2D eigenvalue weighted by atomic mass is 16.1. The number of carbonyl (C=O) groups excluding carboxylic acids is 1. The molecular formula is C25H29NO. The number of hydrogen-bond donors (Lipinski definition) is 0. The van der Waals surface area contributed by atoms with E-state index in [4.69, 9.17) is 0 Å². The van der Waals surface area contributed by atoms with E-state index < -0.39 is 0 Å². The monoisotopic (exact) mass is 359 g/mol. The standard InChI is InChI=1S/C25H29NO/c1-19(27)7-6-16-26-17-14-22(15-18-26)25-23-10-4-2-8-20(23)12-13-21-9-3-5-11-24(21)25/h2-5,8-11H,6-7,12-18H2,1H3. The second kappa shape index (κ2) is 8.22. The van der Waals surface area contributed by atoms with Crippen molar-refractivity contribution in [3.8, 4) is 0 Å². The van der Waals surface area contributed by atoms with Crippen LogP contribution in [0.1, 0.15) is 54.9 Å². The lowest BCUT2D eigenvalue weighted by Gasteiger charge is -2.30. The molecule has 2 heteroatoms. The lowest BCUT2D eigenvalue weighted by Crippen LogP contribution is -2.32. The number of Topliss-reactive ketones (excluding diaryl/α,β-unsaturated/α-hetero) is 1. The number of fused-ring (bicyclic) bond motifs is 2. The van der Waals surface area contributed by atoms with Gasteiger partial charge in [-0.25, -0.2) is 0 Å². The van der Waals surface area contributed by atoms with Crippen LogP contribution >= 0.6 is 0 Å². The van der Waals surface area contributed by atoms with Crippen molar-refractivity contribution < 1.29 is 4.79 Å². The van der Waals surface area contributed by atoms with Gasteiger partial charge in [0.25, 0.3) is 0 Å². The molecule has 0 bridgehead atoms. The van der Waals surface area contributed by atoms with Crippen molar-refractivity contribution in [3.63, 3.8) is 0 Å². The Balaban J connectivity index is 1.62. The number of hydrogen-bond acceptors (Lipinski definition) is 2. The van der Waals surface area contributed by atoms with Crippen molar-refractivity contribution in [2.45, 2.75) is 45.4 Å². The van der Waals surface area contributed by atoms with Crippen LogP contribution in [0.4, 0.5) is 0 Å². The topological polar surface area (TPSA) is 20.3 Å². The van der Waals surface area contributed by atoms with Crippen LogP contribution in [0.25, 0.3) is 5.57 Å². The van der Waals surface area contributed by atoms with Gasteiger partial charge in [-0.3, -0.25) is 0 Å². The van der Waals surface area contributed by atoms with E-state index in [0.717, 1.165) is 51.7 Å². The van der Waals surface area contributed by atoms with Crippen LogP contribution in [0.2, 0.25) is 0 Å². The Labute approximate surface area is 162 Å². The Hall–Kier alpha value is -2.19. The summed E-state index contributed by atoms with van der Waals surface area (Å²) in [5.41, 5.74) is 8.98. The molecule has 0 N–H and O–H groups in total. The molecule has 2 aromatic rings. The number of likely N-dealkylation sites (tertiary alicyclic amines) is 1. The van der Waals surface area contributed by atoms with Crippen LogP contribution in [0, 0.1) is 0 Å². The van der Waals surface area contributed by atoms with Crippen molar-refractivity contribution >= 4 is 11.4 Å². The highest BCUT2D eigenvalue weighted by molar-refractivity contribution is 5.86. The SMILES string of the molecule is CC(=O)CCCN1CCC(=C2c3ccccc3CCc3ccccc32)CC1. The van der Waals surface area contributed by atoms with Crippen LogP contribution in [0.3, 0.4) is 0 Å². The van der Waals surface area contributed by atoms with E-state index in [2.05, 4.69) is 53.4 Å². The summed E-state index contributed by atoms with van der Waals surface area (Å²) in [6.45, 7) is 4.97. The molecule has 0 saturated carbocycles. The third kappa shape index (κ3) is 4.06. The van der Waals surface area contributed by atoms with Gasteiger partial charge in [-0.15, -0.1) is 0 Å². The average molecular weight is 360 g/mol. The second-order valence-electron chi connectivity index (χ2n) is 7.94. The molecule has 0 spiro atoms. The van der Waals surface area contributed by atoms with Crippen molar-refractivity contribution in [2.75, 3.05) is 19.6 Å². The molecule has 1 aliphatic heterocycles. The molecule has 2 aromatic carbocycles. The second-order valence-corrected chi connectivity index (χ2v) is 7.94. The van der Waals surface area contributed by atoms with Crippen molar-refractivity contribution in [3.05, 3.63) is 76.4 Å². The van der Waals surface area contributed by atoms with Gasteiger partial charge in [0, 0.05) is 19.5 Å². The predicted octanol–water partition coefficient (Wildman–Crippen LogP) is 5.05. The fourth-order valence-corrected chi connectivity index (χ4v) is 4.61. The maximum Gasteiger partial charge on any atom is 0.129 e. The molecule has 0 aromatic heterocycles. The molecule has 0 amide bonds. The van der Waals surface area contributed by atoms with E-state index in [0.29, 0.717) is 12.2 Å². The highest BCUT2D eigenvalue weighted by Gasteiger charge is 2.23. The number of ketones is 1. The number of piperidine rings is 1. The van der Waals surface area contributed by atoms with Gasteiger partial charge < -0.3 is 9.69 Å². The van der Waals surface area contributed by atoms with Gasteiger partial charge in [-0.1, -0.05) is 54.1 Å². The highest BCUT2D eigenvalue weighted by Crippen LogP contribution is 2.38. The Morgan fingerprint density at radius 1 is 0.852 bits per heavy atom. The Morgan fingerprint density at radius 3 is 1.96 bits per heavy atom. The molecule has 1 heterocycles. The normalized spacial score (nSPS) is 17.2. The first kappa shape index (κ1) is 18.2. The minimum atomic E-state index is 0.307. The molecule has 1 aliphatic carbocycles. The van der Waals surface area contributed by atoms with E-state index in [1.165, 1.54) is 27.8 Å². The van der Waals surface area contributed by atoms with Crippen molar-refractivity contribution in [2.24, 2.45) is 0 Å². The first-order valence-electron chi connectivity index (χ1n) is 10.3. The smallest absolute Gasteiger partial charge is 0.129 e. The van der Waals surface area contributed by atoms with Crippen molar-refractivity contribution in [1.29, 1.82) is 0 Å². The molecule has 4 rings (SSSR count). The number of rotatable bonds is 4. The zero-order chi connectivity index (χ0) is 18.6. The summed E-state index contributed by atoms with van der Waals surface area (Å²) in [6, 6.07) is 18.0. The van der Waals surface area contributed by atoms with Crippen LogP contribution in [0.15, 0.2) is 54.1 Å². The number of nitrogens with zero attached hydrogens (tertiary/aromatic N) is 1. The third-order valence-electron chi connectivity index (χ3n) is 6.05. The minimum Gasteiger partial charge on any atom is -0.303 e. The lowest BCUT2D eigenvalue weighted by molar-refractivity contribution is -0.117. The van der Waals surface area contributed by atoms with Gasteiger partial charge >= 0.3 is 0 Å². The fraction of sp³-hybridized carbons (Fsp3) is 0.400. The van der Waals surface area contributed by atoms with Gasteiger partial charge in [-0.2, -0.15) is 0 Å². The predicted molar refractivity (Wildman–Crippen MR) is 112 cm³/mol. The first-order chi connectivity index (χ1) is 13.2. The van der Waals surface area contributed by atoms with E-state index in [1.54, 1.807) is 12.5 Å². The number of aryl methyl sites for hydroxylation is 2. The summed E-state index contributed by atoms with van der Waals surface area (Å²) < 4.78 is 0. The van der Waals surface area contributed by atoms with Gasteiger partial charge in [0.15, 0.2) is 0 Å². The maximum absolute atomic E-state index is 11.2. The summed E-state index contributed by atoms with van der Waals surface area (Å²) in [7, 11) is 0. The zero-order valence-electron chi connectivity index (χ0n) is 16.3. The first-order valence-corrected chi connectivity index (χ1v) is 10.3. The average Bonchev–Trinajstić information content (AvgIpc) is 2.85. The van der Waals surface area contributed by atoms with E-state index in [9.17, 15) is 4.79 Å². The van der Waals surface area contributed by atoms with E-state index in [-0.39, 0.29) is 0 Å². The number of carbonyl (C=O) groups is 1. The van der Waals surface area contributed by atoms with Gasteiger partial charge in [0.2, 0.25) is 0 Å². The zero-order valence-corrected chi connectivity index (χ0v) is 16.3. The minimum absolute atomic E-state index is 0.307. The van der Waals surface area contributed by atoms with Crippen LogP contribution in [-0.4, -0.2) is 30.3 Å². The van der Waals surface area contributed by atoms with Gasteiger partial charge in [-0.05, 0) is 73.4 Å². The van der Waals surface area contributed by atoms with Gasteiger partial charge in [0.05, 0.1) is 0 Å². The summed E-state index contributed by atoms with van der Waals surface area (Å²) >= 11 is 0. The molecular weight excluding hydrogens is 330 g/mol. The largest absolute Gasteiger partial charge is 0.303 e. The molecule has 2 aliphatic rings. The van der Waals surface area contributed by atoms with E-state index in [1.807, 2.05) is 0 Å². The van der Waals surface area contributed by atoms with Gasteiger partial charge in [0.1, 0.15) is 5.78 Å². The molecule has 2 nitrogen and oxygen atoms in total. The molecule has 0 unspecified atom stereocenters. The molecule has 1 saturated heterocycles. The number of benzene rings is 2. The Bertz CT molecular complexity index is 805. The van der Waals surface area contributed by atoms with Crippen LogP contribution in [-0.2, 0) is 17.6 Å². The third-order valence-corrected chi connectivity index (χ3v) is 6.05. The molecule has 27 heavy (non-hydrogen) atoms. The Morgan fingerprint density at radius 2 is 1.41 bits per heavy atom. The fourth-order valence-electron chi connectivity index (χ4n) is 4.61.